The molecule has 3 N–H and O–H groups in total. The Bertz CT molecular complexity index is 742. The highest BCUT2D eigenvalue weighted by molar-refractivity contribution is 5.96. The number of benzene rings is 1. The lowest BCUT2D eigenvalue weighted by Gasteiger charge is -2.34. The van der Waals surface area contributed by atoms with Crippen molar-refractivity contribution in [1.82, 2.24) is 15.1 Å². The molecule has 126 valence electrons. The molecule has 1 aromatic carbocycles. The van der Waals surface area contributed by atoms with Gasteiger partial charge < -0.3 is 15.4 Å². The molecular formula is C17H20N4O3. The van der Waals surface area contributed by atoms with Crippen molar-refractivity contribution in [2.24, 2.45) is 5.73 Å². The predicted octanol–water partition coefficient (Wildman–Crippen LogP) is 1.10. The Morgan fingerprint density at radius 1 is 1.38 bits per heavy atom. The fourth-order valence-corrected chi connectivity index (χ4v) is 2.95. The Balaban J connectivity index is 1.87. The van der Waals surface area contributed by atoms with Gasteiger partial charge in [-0.1, -0.05) is 30.3 Å². The van der Waals surface area contributed by atoms with Gasteiger partial charge in [-0.15, -0.1) is 0 Å². The van der Waals surface area contributed by atoms with Crippen molar-refractivity contribution in [3.05, 3.63) is 41.6 Å². The largest absolute Gasteiger partial charge is 0.377 e. The maximum atomic E-state index is 12.9. The van der Waals surface area contributed by atoms with Crippen LogP contribution in [0.15, 0.2) is 30.3 Å². The van der Waals surface area contributed by atoms with Gasteiger partial charge in [0, 0.05) is 24.1 Å². The number of primary amides is 1. The SMILES string of the molecule is Cc1c(-c2ccccc2)n[nH]c1C(=O)N1CCOCC1CC(N)=O. The van der Waals surface area contributed by atoms with Crippen molar-refractivity contribution in [2.45, 2.75) is 19.4 Å². The molecule has 0 bridgehead atoms. The quantitative estimate of drug-likeness (QED) is 0.877. The summed E-state index contributed by atoms with van der Waals surface area (Å²) in [6.45, 7) is 3.05. The number of aromatic nitrogens is 2. The van der Waals surface area contributed by atoms with E-state index in [1.807, 2.05) is 37.3 Å². The molecule has 2 amide bonds. The topological polar surface area (TPSA) is 101 Å². The molecule has 1 unspecified atom stereocenters. The highest BCUT2D eigenvalue weighted by Crippen LogP contribution is 2.24. The van der Waals surface area contributed by atoms with Crippen molar-refractivity contribution in [2.75, 3.05) is 19.8 Å². The molecule has 0 radical (unpaired) electrons. The summed E-state index contributed by atoms with van der Waals surface area (Å²) in [5.74, 6) is -0.633. The molecule has 7 heteroatoms. The van der Waals surface area contributed by atoms with E-state index in [1.54, 1.807) is 4.90 Å². The Labute approximate surface area is 139 Å². The number of morpholine rings is 1. The van der Waals surface area contributed by atoms with Crippen LogP contribution in [0.2, 0.25) is 0 Å². The molecule has 24 heavy (non-hydrogen) atoms. The number of amides is 2. The van der Waals surface area contributed by atoms with E-state index in [1.165, 1.54) is 0 Å². The number of hydrogen-bond acceptors (Lipinski definition) is 4. The van der Waals surface area contributed by atoms with Crippen LogP contribution in [0.5, 0.6) is 0 Å². The number of aromatic amines is 1. The van der Waals surface area contributed by atoms with Crippen LogP contribution in [-0.4, -0.2) is 52.7 Å². The molecule has 1 saturated heterocycles. The summed E-state index contributed by atoms with van der Waals surface area (Å²) in [5.41, 5.74) is 8.20. The zero-order chi connectivity index (χ0) is 17.1. The Hall–Kier alpha value is -2.67. The number of hydrogen-bond donors (Lipinski definition) is 2. The summed E-state index contributed by atoms with van der Waals surface area (Å²) in [4.78, 5) is 25.8. The molecule has 1 aromatic heterocycles. The van der Waals surface area contributed by atoms with Gasteiger partial charge in [-0.3, -0.25) is 14.7 Å². The van der Waals surface area contributed by atoms with E-state index in [0.29, 0.717) is 25.5 Å². The number of rotatable bonds is 4. The lowest BCUT2D eigenvalue weighted by atomic mass is 10.1. The highest BCUT2D eigenvalue weighted by Gasteiger charge is 2.31. The van der Waals surface area contributed by atoms with Gasteiger partial charge in [0.2, 0.25) is 5.91 Å². The number of nitrogens with one attached hydrogen (secondary N) is 1. The Morgan fingerprint density at radius 3 is 2.83 bits per heavy atom. The van der Waals surface area contributed by atoms with Gasteiger partial charge in [-0.25, -0.2) is 0 Å². The van der Waals surface area contributed by atoms with Gasteiger partial charge in [0.25, 0.3) is 5.91 Å². The molecule has 2 aromatic rings. The smallest absolute Gasteiger partial charge is 0.272 e. The second kappa shape index (κ2) is 6.84. The molecule has 3 rings (SSSR count). The molecule has 0 spiro atoms. The van der Waals surface area contributed by atoms with Crippen molar-refractivity contribution >= 4 is 11.8 Å². The number of H-pyrrole nitrogens is 1. The van der Waals surface area contributed by atoms with Crippen LogP contribution in [0.4, 0.5) is 0 Å². The maximum absolute atomic E-state index is 12.9. The van der Waals surface area contributed by atoms with Gasteiger partial charge in [0.1, 0.15) is 5.69 Å². The van der Waals surface area contributed by atoms with E-state index >= 15 is 0 Å². The third-order valence-electron chi connectivity index (χ3n) is 4.20. The standard InChI is InChI=1S/C17H20N4O3/c1-11-15(12-5-3-2-4-6-12)19-20-16(11)17(23)21-7-8-24-10-13(21)9-14(18)22/h2-6,13H,7-10H2,1H3,(H2,18,22)(H,19,20). The van der Waals surface area contributed by atoms with Crippen molar-refractivity contribution < 1.29 is 14.3 Å². The van der Waals surface area contributed by atoms with Crippen LogP contribution in [0, 0.1) is 6.92 Å². The molecule has 1 aliphatic heterocycles. The van der Waals surface area contributed by atoms with E-state index in [4.69, 9.17) is 10.5 Å². The molecule has 1 fully saturated rings. The first-order chi connectivity index (χ1) is 11.6. The van der Waals surface area contributed by atoms with Gasteiger partial charge in [0.05, 0.1) is 24.9 Å². The van der Waals surface area contributed by atoms with E-state index in [-0.39, 0.29) is 18.4 Å². The van der Waals surface area contributed by atoms with Gasteiger partial charge in [0.15, 0.2) is 0 Å². The summed E-state index contributed by atoms with van der Waals surface area (Å²) in [6.07, 6.45) is 0.0878. The van der Waals surface area contributed by atoms with Crippen LogP contribution >= 0.6 is 0 Å². The van der Waals surface area contributed by atoms with E-state index in [0.717, 1.165) is 16.8 Å². The highest BCUT2D eigenvalue weighted by atomic mass is 16.5. The lowest BCUT2D eigenvalue weighted by molar-refractivity contribution is -0.120. The fraction of sp³-hybridized carbons (Fsp3) is 0.353. The monoisotopic (exact) mass is 328 g/mol. The van der Waals surface area contributed by atoms with Crippen molar-refractivity contribution in [3.8, 4) is 11.3 Å². The number of nitrogens with zero attached hydrogens (tertiary/aromatic N) is 2. The summed E-state index contributed by atoms with van der Waals surface area (Å²) in [6, 6.07) is 9.33. The lowest BCUT2D eigenvalue weighted by Crippen LogP contribution is -2.50. The molecule has 0 aliphatic carbocycles. The minimum atomic E-state index is -0.449. The van der Waals surface area contributed by atoms with E-state index in [9.17, 15) is 9.59 Å². The first kappa shape index (κ1) is 16.2. The third kappa shape index (κ3) is 3.16. The van der Waals surface area contributed by atoms with Crippen LogP contribution in [0.3, 0.4) is 0 Å². The first-order valence-corrected chi connectivity index (χ1v) is 7.85. The van der Waals surface area contributed by atoms with Crippen molar-refractivity contribution in [3.63, 3.8) is 0 Å². The average molecular weight is 328 g/mol. The second-order valence-corrected chi connectivity index (χ2v) is 5.84. The van der Waals surface area contributed by atoms with Crippen LogP contribution in [-0.2, 0) is 9.53 Å². The molecule has 0 saturated carbocycles. The normalized spacial score (nSPS) is 17.7. The zero-order valence-corrected chi connectivity index (χ0v) is 13.5. The fourth-order valence-electron chi connectivity index (χ4n) is 2.95. The number of nitrogens with two attached hydrogens (primary N) is 1. The third-order valence-corrected chi connectivity index (χ3v) is 4.20. The molecule has 7 nitrogen and oxygen atoms in total. The van der Waals surface area contributed by atoms with E-state index < -0.39 is 5.91 Å². The van der Waals surface area contributed by atoms with Crippen LogP contribution in [0.25, 0.3) is 11.3 Å². The average Bonchev–Trinajstić information content (AvgIpc) is 2.96. The molecule has 1 aliphatic rings. The van der Waals surface area contributed by atoms with Crippen molar-refractivity contribution in [1.29, 1.82) is 0 Å². The molecular weight excluding hydrogens is 308 g/mol. The maximum Gasteiger partial charge on any atom is 0.272 e. The second-order valence-electron chi connectivity index (χ2n) is 5.84. The van der Waals surface area contributed by atoms with Crippen LogP contribution < -0.4 is 5.73 Å². The minimum absolute atomic E-state index is 0.0878. The number of ether oxygens (including phenoxy) is 1. The van der Waals surface area contributed by atoms with E-state index in [2.05, 4.69) is 10.2 Å². The summed E-state index contributed by atoms with van der Waals surface area (Å²) in [7, 11) is 0. The summed E-state index contributed by atoms with van der Waals surface area (Å²) < 4.78 is 5.38. The number of carbonyl (C=O) groups excluding carboxylic acids is 2. The number of carbonyl (C=O) groups is 2. The van der Waals surface area contributed by atoms with Gasteiger partial charge >= 0.3 is 0 Å². The summed E-state index contributed by atoms with van der Waals surface area (Å²) in [5, 5.41) is 7.14. The molecule has 1 atom stereocenters. The Morgan fingerprint density at radius 2 is 2.12 bits per heavy atom. The zero-order valence-electron chi connectivity index (χ0n) is 13.5. The van der Waals surface area contributed by atoms with Gasteiger partial charge in [-0.2, -0.15) is 5.10 Å². The van der Waals surface area contributed by atoms with Crippen LogP contribution in [0.1, 0.15) is 22.5 Å². The first-order valence-electron chi connectivity index (χ1n) is 7.85. The predicted molar refractivity (Wildman–Crippen MR) is 88.2 cm³/mol. The Kier molecular flexibility index (Phi) is 4.61. The summed E-state index contributed by atoms with van der Waals surface area (Å²) >= 11 is 0. The molecule has 2 heterocycles. The minimum Gasteiger partial charge on any atom is -0.377 e. The van der Waals surface area contributed by atoms with Gasteiger partial charge in [-0.05, 0) is 6.92 Å².